The number of nitrogens with zero attached hydrogens (tertiary/aromatic N) is 4. The zero-order chi connectivity index (χ0) is 29.5. The van der Waals surface area contributed by atoms with Crippen molar-refractivity contribution in [1.82, 2.24) is 18.7 Å². The summed E-state index contributed by atoms with van der Waals surface area (Å²) in [6, 6.07) is 56.4. The molecule has 3 heterocycles. The van der Waals surface area contributed by atoms with Crippen LogP contribution in [0.5, 0.6) is 0 Å². The fourth-order valence-electron chi connectivity index (χ4n) is 7.30. The fourth-order valence-corrected chi connectivity index (χ4v) is 7.30. The molecule has 4 heteroatoms. The first-order valence-electron chi connectivity index (χ1n) is 15.3. The van der Waals surface area contributed by atoms with E-state index in [0.717, 1.165) is 39.4 Å². The van der Waals surface area contributed by atoms with Crippen LogP contribution >= 0.6 is 0 Å². The number of imidazole rings is 1. The minimum absolute atomic E-state index is 0.878. The average molecular weight is 575 g/mol. The third-order valence-electron chi connectivity index (χ3n) is 9.21. The second-order valence-corrected chi connectivity index (χ2v) is 11.7. The third kappa shape index (κ3) is 3.39. The van der Waals surface area contributed by atoms with Crippen LogP contribution in [0.4, 0.5) is 0 Å². The molecule has 4 nitrogen and oxygen atoms in total. The monoisotopic (exact) mass is 574 g/mol. The van der Waals surface area contributed by atoms with Crippen LogP contribution in [0.3, 0.4) is 0 Å². The van der Waals surface area contributed by atoms with Gasteiger partial charge in [-0.3, -0.25) is 9.13 Å². The minimum atomic E-state index is 0.878. The van der Waals surface area contributed by atoms with Gasteiger partial charge in [0.15, 0.2) is 0 Å². The molecule has 0 fully saturated rings. The highest BCUT2D eigenvalue weighted by molar-refractivity contribution is 6.22. The first-order valence-corrected chi connectivity index (χ1v) is 15.3. The van der Waals surface area contributed by atoms with Crippen molar-refractivity contribution in [3.8, 4) is 17.3 Å². The van der Waals surface area contributed by atoms with E-state index in [2.05, 4.69) is 171 Å². The van der Waals surface area contributed by atoms with Gasteiger partial charge in [-0.05, 0) is 66.0 Å². The quantitative estimate of drug-likeness (QED) is 0.206. The fraction of sp³-hybridized carbons (Fsp3) is 0. The van der Waals surface area contributed by atoms with Crippen molar-refractivity contribution in [1.29, 1.82) is 0 Å². The van der Waals surface area contributed by atoms with Crippen LogP contribution in [0.25, 0.3) is 82.7 Å². The van der Waals surface area contributed by atoms with E-state index < -0.39 is 0 Å². The molecule has 0 N–H and O–H groups in total. The van der Waals surface area contributed by atoms with Gasteiger partial charge in [0.1, 0.15) is 0 Å². The molecule has 0 saturated heterocycles. The van der Waals surface area contributed by atoms with Gasteiger partial charge in [0.05, 0.1) is 33.1 Å². The highest BCUT2D eigenvalue weighted by atomic mass is 15.2. The van der Waals surface area contributed by atoms with Gasteiger partial charge < -0.3 is 4.57 Å². The lowest BCUT2D eigenvalue weighted by atomic mass is 10.0. The maximum absolute atomic E-state index is 5.29. The van der Waals surface area contributed by atoms with Crippen LogP contribution in [0, 0.1) is 0 Å². The summed E-state index contributed by atoms with van der Waals surface area (Å²) >= 11 is 0. The number of aromatic nitrogens is 4. The van der Waals surface area contributed by atoms with E-state index in [0.29, 0.717) is 0 Å². The lowest BCUT2D eigenvalue weighted by molar-refractivity contribution is 0.956. The van der Waals surface area contributed by atoms with Crippen LogP contribution < -0.4 is 0 Å². The topological polar surface area (TPSA) is 27.7 Å². The van der Waals surface area contributed by atoms with E-state index >= 15 is 0 Å². The predicted octanol–water partition coefficient (Wildman–Crippen LogP) is 10.4. The smallest absolute Gasteiger partial charge is 0.220 e. The van der Waals surface area contributed by atoms with Gasteiger partial charge in [0.25, 0.3) is 0 Å². The maximum Gasteiger partial charge on any atom is 0.220 e. The van der Waals surface area contributed by atoms with Crippen molar-refractivity contribution in [2.45, 2.75) is 0 Å². The lowest BCUT2D eigenvalue weighted by Crippen LogP contribution is -2.05. The summed E-state index contributed by atoms with van der Waals surface area (Å²) in [5, 5.41) is 7.36. The van der Waals surface area contributed by atoms with E-state index in [-0.39, 0.29) is 0 Å². The molecule has 3 aromatic heterocycles. The lowest BCUT2D eigenvalue weighted by Gasteiger charge is -2.13. The van der Waals surface area contributed by atoms with E-state index in [1.807, 2.05) is 0 Å². The standard InChI is InChI=1S/C41H26N4/c1-3-13-28(14-4-1)43-36-20-10-7-17-30(36)32-24-23-27-25-34-31-18-8-11-21-37(31)45(39(34)26-33(27)40(32)43)41-42-35-19-9-12-22-38(35)44(41)29-15-5-2-6-16-29/h1-26H. The highest BCUT2D eigenvalue weighted by Crippen LogP contribution is 2.41. The van der Waals surface area contributed by atoms with E-state index in [4.69, 9.17) is 4.98 Å². The molecule has 45 heavy (non-hydrogen) atoms. The molecule has 0 aliphatic heterocycles. The maximum atomic E-state index is 5.29. The molecule has 0 aliphatic rings. The molecule has 7 aromatic carbocycles. The van der Waals surface area contributed by atoms with Gasteiger partial charge in [-0.1, -0.05) is 97.1 Å². The summed E-state index contributed by atoms with van der Waals surface area (Å²) in [5.41, 5.74) is 8.98. The SMILES string of the molecule is c1ccc(-n2c(-n3c4ccccc4c4cc5ccc6c7ccccc7n(-c7ccccc7)c6c5cc43)nc3ccccc32)cc1. The molecule has 0 spiro atoms. The van der Waals surface area contributed by atoms with Gasteiger partial charge >= 0.3 is 0 Å². The predicted molar refractivity (Wildman–Crippen MR) is 187 cm³/mol. The molecule has 210 valence electrons. The van der Waals surface area contributed by atoms with E-state index in [9.17, 15) is 0 Å². The number of hydrogen-bond donors (Lipinski definition) is 0. The first kappa shape index (κ1) is 24.3. The Balaban J connectivity index is 1.40. The Morgan fingerprint density at radius 2 is 0.933 bits per heavy atom. The number of rotatable bonds is 3. The van der Waals surface area contributed by atoms with Crippen molar-refractivity contribution >= 4 is 65.4 Å². The summed E-state index contributed by atoms with van der Waals surface area (Å²) in [6.07, 6.45) is 0. The average Bonchev–Trinajstić information content (AvgIpc) is 3.75. The Bertz CT molecular complexity index is 2750. The number of hydrogen-bond acceptors (Lipinski definition) is 1. The summed E-state index contributed by atoms with van der Waals surface area (Å²) in [5.74, 6) is 0.878. The molecular weight excluding hydrogens is 548 g/mol. The molecule has 0 aliphatic carbocycles. The molecule has 0 atom stereocenters. The van der Waals surface area contributed by atoms with E-state index in [1.54, 1.807) is 0 Å². The van der Waals surface area contributed by atoms with Crippen molar-refractivity contribution in [3.05, 3.63) is 158 Å². The van der Waals surface area contributed by atoms with Crippen LogP contribution in [0.1, 0.15) is 0 Å². The Labute approximate surface area is 258 Å². The number of para-hydroxylation sites is 6. The summed E-state index contributed by atoms with van der Waals surface area (Å²) in [4.78, 5) is 5.29. The van der Waals surface area contributed by atoms with Crippen LogP contribution in [0.2, 0.25) is 0 Å². The second kappa shape index (κ2) is 9.18. The number of fused-ring (bicyclic) bond motifs is 9. The molecular formula is C41H26N4. The van der Waals surface area contributed by atoms with Gasteiger partial charge in [0, 0.05) is 38.3 Å². The number of benzene rings is 7. The van der Waals surface area contributed by atoms with Gasteiger partial charge in [-0.25, -0.2) is 4.98 Å². The van der Waals surface area contributed by atoms with Gasteiger partial charge in [-0.15, -0.1) is 0 Å². The third-order valence-corrected chi connectivity index (χ3v) is 9.21. The van der Waals surface area contributed by atoms with E-state index in [1.165, 1.54) is 43.4 Å². The molecule has 0 unspecified atom stereocenters. The van der Waals surface area contributed by atoms with Crippen molar-refractivity contribution < 1.29 is 0 Å². The summed E-state index contributed by atoms with van der Waals surface area (Å²) in [7, 11) is 0. The summed E-state index contributed by atoms with van der Waals surface area (Å²) in [6.45, 7) is 0. The molecule has 0 amide bonds. The molecule has 10 aromatic rings. The minimum Gasteiger partial charge on any atom is -0.309 e. The Kier molecular flexibility index (Phi) is 4.96. The van der Waals surface area contributed by atoms with Crippen molar-refractivity contribution in [2.24, 2.45) is 0 Å². The van der Waals surface area contributed by atoms with Gasteiger partial charge in [0.2, 0.25) is 5.95 Å². The zero-order valence-electron chi connectivity index (χ0n) is 24.3. The second-order valence-electron chi connectivity index (χ2n) is 11.7. The Morgan fingerprint density at radius 3 is 1.67 bits per heavy atom. The molecule has 0 saturated carbocycles. The Morgan fingerprint density at radius 1 is 0.356 bits per heavy atom. The first-order chi connectivity index (χ1) is 22.3. The van der Waals surface area contributed by atoms with Crippen molar-refractivity contribution in [2.75, 3.05) is 0 Å². The summed E-state index contributed by atoms with van der Waals surface area (Å²) < 4.78 is 7.06. The van der Waals surface area contributed by atoms with Crippen LogP contribution in [-0.2, 0) is 0 Å². The highest BCUT2D eigenvalue weighted by Gasteiger charge is 2.22. The molecule has 0 bridgehead atoms. The van der Waals surface area contributed by atoms with Gasteiger partial charge in [-0.2, -0.15) is 0 Å². The van der Waals surface area contributed by atoms with Crippen LogP contribution in [0.15, 0.2) is 158 Å². The normalized spacial score (nSPS) is 12.0. The zero-order valence-corrected chi connectivity index (χ0v) is 24.3. The molecule has 10 rings (SSSR count). The largest absolute Gasteiger partial charge is 0.309 e. The Hall–Kier alpha value is -6.13. The molecule has 0 radical (unpaired) electrons. The van der Waals surface area contributed by atoms with Crippen molar-refractivity contribution in [3.63, 3.8) is 0 Å². The van der Waals surface area contributed by atoms with Crippen LogP contribution in [-0.4, -0.2) is 18.7 Å².